The van der Waals surface area contributed by atoms with E-state index in [0.717, 1.165) is 19.3 Å². The Morgan fingerprint density at radius 2 is 1.75 bits per heavy atom. The summed E-state index contributed by atoms with van der Waals surface area (Å²) in [4.78, 5) is 4.06. The predicted molar refractivity (Wildman–Crippen MR) is 85.0 cm³/mol. The number of aromatic nitrogens is 1. The molecule has 2 heteroatoms. The molecule has 0 saturated heterocycles. The lowest BCUT2D eigenvalue weighted by molar-refractivity contribution is 0.520. The Morgan fingerprint density at radius 1 is 1.00 bits per heavy atom. The highest BCUT2D eigenvalue weighted by Gasteiger charge is 2.08. The summed E-state index contributed by atoms with van der Waals surface area (Å²) in [7, 11) is 2.05. The molecule has 20 heavy (non-hydrogen) atoms. The van der Waals surface area contributed by atoms with Crippen molar-refractivity contribution in [3.05, 3.63) is 65.0 Å². The van der Waals surface area contributed by atoms with Crippen LogP contribution >= 0.6 is 0 Å². The lowest BCUT2D eigenvalue weighted by atomic mass is 9.97. The number of hydrogen-bond donors (Lipinski definition) is 1. The predicted octanol–water partition coefficient (Wildman–Crippen LogP) is 3.46. The zero-order chi connectivity index (χ0) is 14.4. The molecule has 106 valence electrons. The average molecular weight is 268 g/mol. The molecule has 0 amide bonds. The van der Waals surface area contributed by atoms with Gasteiger partial charge in [-0.15, -0.1) is 0 Å². The van der Waals surface area contributed by atoms with Crippen LogP contribution in [0.1, 0.15) is 28.7 Å². The maximum absolute atomic E-state index is 4.06. The lowest BCUT2D eigenvalue weighted by Crippen LogP contribution is -2.28. The summed E-state index contributed by atoms with van der Waals surface area (Å²) >= 11 is 0. The van der Waals surface area contributed by atoms with Crippen molar-refractivity contribution in [2.45, 2.75) is 39.2 Å². The molecule has 0 spiro atoms. The molecule has 0 aliphatic heterocycles. The maximum Gasteiger partial charge on any atom is 0.0270 e. The van der Waals surface area contributed by atoms with Gasteiger partial charge in [0.2, 0.25) is 0 Å². The van der Waals surface area contributed by atoms with Crippen LogP contribution in [0.15, 0.2) is 42.7 Å². The van der Waals surface area contributed by atoms with Crippen molar-refractivity contribution in [2.24, 2.45) is 0 Å². The number of pyridine rings is 1. The van der Waals surface area contributed by atoms with Crippen LogP contribution in [0, 0.1) is 13.8 Å². The standard InChI is InChI=1S/C18H24N2/c1-14-4-5-17(12-15(14)2)13-18(19-3)7-6-16-8-10-20-11-9-16/h4-5,8-12,18-19H,6-7,13H2,1-3H3. The fraction of sp³-hybridized carbons (Fsp3) is 0.389. The quantitative estimate of drug-likeness (QED) is 0.868. The minimum Gasteiger partial charge on any atom is -0.317 e. The number of benzene rings is 1. The van der Waals surface area contributed by atoms with E-state index < -0.39 is 0 Å². The number of hydrogen-bond acceptors (Lipinski definition) is 2. The zero-order valence-electron chi connectivity index (χ0n) is 12.7. The van der Waals surface area contributed by atoms with Crippen LogP contribution in [0.25, 0.3) is 0 Å². The Bertz CT molecular complexity index is 534. The van der Waals surface area contributed by atoms with Gasteiger partial charge < -0.3 is 5.32 Å². The van der Waals surface area contributed by atoms with Crippen molar-refractivity contribution >= 4 is 0 Å². The smallest absolute Gasteiger partial charge is 0.0270 e. The van der Waals surface area contributed by atoms with E-state index in [0.29, 0.717) is 6.04 Å². The van der Waals surface area contributed by atoms with Crippen LogP contribution in [0.2, 0.25) is 0 Å². The fourth-order valence-corrected chi connectivity index (χ4v) is 2.45. The molecule has 0 aliphatic carbocycles. The highest BCUT2D eigenvalue weighted by atomic mass is 14.9. The highest BCUT2D eigenvalue weighted by Crippen LogP contribution is 2.14. The van der Waals surface area contributed by atoms with E-state index in [9.17, 15) is 0 Å². The molecule has 1 heterocycles. The second kappa shape index (κ2) is 7.20. The molecule has 1 atom stereocenters. The second-order valence-electron chi connectivity index (χ2n) is 5.50. The van der Waals surface area contributed by atoms with E-state index >= 15 is 0 Å². The Morgan fingerprint density at radius 3 is 2.40 bits per heavy atom. The van der Waals surface area contributed by atoms with Gasteiger partial charge in [0.15, 0.2) is 0 Å². The number of likely N-dealkylation sites (N-methyl/N-ethyl adjacent to an activating group) is 1. The van der Waals surface area contributed by atoms with E-state index in [1.54, 1.807) is 0 Å². The molecule has 0 saturated carbocycles. The molecular formula is C18H24N2. The summed E-state index contributed by atoms with van der Waals surface area (Å²) in [6.07, 6.45) is 7.06. The Kier molecular flexibility index (Phi) is 5.31. The molecule has 1 unspecified atom stereocenters. The first-order valence-electron chi connectivity index (χ1n) is 7.31. The van der Waals surface area contributed by atoms with Crippen molar-refractivity contribution in [3.63, 3.8) is 0 Å². The van der Waals surface area contributed by atoms with Crippen molar-refractivity contribution in [1.29, 1.82) is 0 Å². The molecule has 0 bridgehead atoms. The first-order valence-corrected chi connectivity index (χ1v) is 7.31. The third kappa shape index (κ3) is 4.17. The first kappa shape index (κ1) is 14.7. The monoisotopic (exact) mass is 268 g/mol. The second-order valence-corrected chi connectivity index (χ2v) is 5.50. The normalized spacial score (nSPS) is 12.3. The average Bonchev–Trinajstić information content (AvgIpc) is 2.48. The van der Waals surface area contributed by atoms with Gasteiger partial charge in [-0.05, 0) is 74.5 Å². The van der Waals surface area contributed by atoms with Gasteiger partial charge in [-0.25, -0.2) is 0 Å². The molecule has 1 aromatic carbocycles. The van der Waals surface area contributed by atoms with Crippen molar-refractivity contribution in [2.75, 3.05) is 7.05 Å². The molecule has 1 aromatic heterocycles. The lowest BCUT2D eigenvalue weighted by Gasteiger charge is -2.17. The van der Waals surface area contributed by atoms with Crippen molar-refractivity contribution in [1.82, 2.24) is 10.3 Å². The third-order valence-electron chi connectivity index (χ3n) is 3.99. The summed E-state index contributed by atoms with van der Waals surface area (Å²) in [6.45, 7) is 4.35. The number of rotatable bonds is 6. The summed E-state index contributed by atoms with van der Waals surface area (Å²) in [5, 5.41) is 3.44. The number of nitrogens with zero attached hydrogens (tertiary/aromatic N) is 1. The van der Waals surface area contributed by atoms with Crippen LogP contribution in [-0.4, -0.2) is 18.1 Å². The van der Waals surface area contributed by atoms with Gasteiger partial charge in [-0.2, -0.15) is 0 Å². The van der Waals surface area contributed by atoms with Gasteiger partial charge in [0.05, 0.1) is 0 Å². The summed E-state index contributed by atoms with van der Waals surface area (Å²) < 4.78 is 0. The van der Waals surface area contributed by atoms with Gasteiger partial charge in [0.1, 0.15) is 0 Å². The van der Waals surface area contributed by atoms with E-state index in [1.165, 1.54) is 22.3 Å². The summed E-state index contributed by atoms with van der Waals surface area (Å²) in [6, 6.07) is 11.5. The van der Waals surface area contributed by atoms with Crippen LogP contribution in [-0.2, 0) is 12.8 Å². The van der Waals surface area contributed by atoms with Gasteiger partial charge in [-0.3, -0.25) is 4.98 Å². The molecular weight excluding hydrogens is 244 g/mol. The summed E-state index contributed by atoms with van der Waals surface area (Å²) in [5.74, 6) is 0. The Labute approximate surface area is 122 Å². The van der Waals surface area contributed by atoms with E-state index in [1.807, 2.05) is 12.4 Å². The number of aryl methyl sites for hydroxylation is 3. The first-order chi connectivity index (χ1) is 9.69. The van der Waals surface area contributed by atoms with Gasteiger partial charge in [0.25, 0.3) is 0 Å². The molecule has 2 rings (SSSR count). The third-order valence-corrected chi connectivity index (χ3v) is 3.99. The number of nitrogens with one attached hydrogen (secondary N) is 1. The molecule has 0 radical (unpaired) electrons. The molecule has 0 fully saturated rings. The zero-order valence-corrected chi connectivity index (χ0v) is 12.7. The van der Waals surface area contributed by atoms with Gasteiger partial charge >= 0.3 is 0 Å². The Balaban J connectivity index is 1.93. The Hall–Kier alpha value is -1.67. The highest BCUT2D eigenvalue weighted by molar-refractivity contribution is 5.30. The van der Waals surface area contributed by atoms with Crippen LogP contribution in [0.5, 0.6) is 0 Å². The topological polar surface area (TPSA) is 24.9 Å². The SMILES string of the molecule is CNC(CCc1ccncc1)Cc1ccc(C)c(C)c1. The molecule has 0 aliphatic rings. The summed E-state index contributed by atoms with van der Waals surface area (Å²) in [5.41, 5.74) is 5.53. The fourth-order valence-electron chi connectivity index (χ4n) is 2.45. The van der Waals surface area contributed by atoms with Crippen LogP contribution < -0.4 is 5.32 Å². The van der Waals surface area contributed by atoms with Gasteiger partial charge in [0, 0.05) is 18.4 Å². The molecule has 2 aromatic rings. The van der Waals surface area contributed by atoms with E-state index in [4.69, 9.17) is 0 Å². The van der Waals surface area contributed by atoms with E-state index in [-0.39, 0.29) is 0 Å². The minimum atomic E-state index is 0.519. The molecule has 1 N–H and O–H groups in total. The van der Waals surface area contributed by atoms with Crippen molar-refractivity contribution < 1.29 is 0 Å². The minimum absolute atomic E-state index is 0.519. The van der Waals surface area contributed by atoms with Crippen molar-refractivity contribution in [3.8, 4) is 0 Å². The van der Waals surface area contributed by atoms with Crippen LogP contribution in [0.4, 0.5) is 0 Å². The maximum atomic E-state index is 4.06. The van der Waals surface area contributed by atoms with E-state index in [2.05, 4.69) is 61.5 Å². The van der Waals surface area contributed by atoms with Gasteiger partial charge in [-0.1, -0.05) is 18.2 Å². The molecule has 2 nitrogen and oxygen atoms in total. The van der Waals surface area contributed by atoms with Crippen LogP contribution in [0.3, 0.4) is 0 Å². The largest absolute Gasteiger partial charge is 0.317 e.